The van der Waals surface area contributed by atoms with Crippen molar-refractivity contribution in [2.75, 3.05) is 13.7 Å². The maximum absolute atomic E-state index is 4.76. The average molecular weight is 187 g/mol. The van der Waals surface area contributed by atoms with Crippen LogP contribution in [0.2, 0.25) is 0 Å². The molecule has 2 heteroatoms. The van der Waals surface area contributed by atoms with Crippen molar-refractivity contribution in [1.29, 1.82) is 0 Å². The number of hydroxylamine groups is 1. The molecule has 0 saturated heterocycles. The summed E-state index contributed by atoms with van der Waals surface area (Å²) in [6, 6.07) is 0. The first-order chi connectivity index (χ1) is 6.12. The summed E-state index contributed by atoms with van der Waals surface area (Å²) in [5.74, 6) is 0. The van der Waals surface area contributed by atoms with Crippen LogP contribution in [0.1, 0.15) is 52.9 Å². The topological polar surface area (TPSA) is 21.3 Å². The Balaban J connectivity index is 3.16. The lowest BCUT2D eigenvalue weighted by atomic mass is 9.84. The summed E-state index contributed by atoms with van der Waals surface area (Å²) in [4.78, 5) is 4.76. The first-order valence-electron chi connectivity index (χ1n) is 5.38. The smallest absolute Gasteiger partial charge is 0.0572 e. The van der Waals surface area contributed by atoms with Gasteiger partial charge < -0.3 is 4.84 Å². The Bertz CT molecular complexity index is 113. The molecule has 0 fully saturated rings. The van der Waals surface area contributed by atoms with E-state index < -0.39 is 0 Å². The van der Waals surface area contributed by atoms with Crippen LogP contribution in [-0.2, 0) is 4.84 Å². The van der Waals surface area contributed by atoms with Gasteiger partial charge in [-0.05, 0) is 18.3 Å². The van der Waals surface area contributed by atoms with E-state index in [1.165, 1.54) is 32.1 Å². The molecule has 0 radical (unpaired) electrons. The van der Waals surface area contributed by atoms with Crippen LogP contribution in [0, 0.1) is 5.41 Å². The monoisotopic (exact) mass is 187 g/mol. The van der Waals surface area contributed by atoms with Gasteiger partial charge in [-0.15, -0.1) is 0 Å². The summed E-state index contributed by atoms with van der Waals surface area (Å²) in [5, 5.41) is 0. The highest BCUT2D eigenvalue weighted by Gasteiger charge is 2.13. The zero-order valence-corrected chi connectivity index (χ0v) is 9.65. The molecule has 0 aromatic rings. The first kappa shape index (κ1) is 12.9. The van der Waals surface area contributed by atoms with Gasteiger partial charge in [-0.3, -0.25) is 0 Å². The fourth-order valence-corrected chi connectivity index (χ4v) is 1.26. The molecule has 0 heterocycles. The Hall–Kier alpha value is -0.0800. The van der Waals surface area contributed by atoms with Crippen LogP contribution in [0.25, 0.3) is 0 Å². The summed E-state index contributed by atoms with van der Waals surface area (Å²) in [6.07, 6.45) is 6.49. The molecule has 0 saturated carbocycles. The van der Waals surface area contributed by atoms with Crippen LogP contribution >= 0.6 is 0 Å². The summed E-state index contributed by atoms with van der Waals surface area (Å²) in [6.45, 7) is 7.94. The highest BCUT2D eigenvalue weighted by molar-refractivity contribution is 4.65. The van der Waals surface area contributed by atoms with Crippen LogP contribution in [0.3, 0.4) is 0 Å². The van der Waals surface area contributed by atoms with E-state index in [2.05, 4.69) is 26.3 Å². The number of nitrogens with one attached hydrogen (secondary N) is 1. The number of rotatable bonds is 8. The minimum Gasteiger partial charge on any atom is -0.305 e. The van der Waals surface area contributed by atoms with Gasteiger partial charge in [0, 0.05) is 6.54 Å². The minimum absolute atomic E-state index is 0.536. The van der Waals surface area contributed by atoms with E-state index in [4.69, 9.17) is 4.84 Å². The Morgan fingerprint density at radius 2 is 1.85 bits per heavy atom. The molecule has 0 aliphatic heterocycles. The third kappa shape index (κ3) is 8.26. The van der Waals surface area contributed by atoms with Crippen LogP contribution < -0.4 is 5.48 Å². The van der Waals surface area contributed by atoms with Gasteiger partial charge in [0.1, 0.15) is 0 Å². The fourth-order valence-electron chi connectivity index (χ4n) is 1.26. The number of hydrogen-bond acceptors (Lipinski definition) is 2. The third-order valence-electron chi connectivity index (χ3n) is 2.73. The van der Waals surface area contributed by atoms with E-state index in [0.717, 1.165) is 6.54 Å². The molecule has 2 nitrogen and oxygen atoms in total. The van der Waals surface area contributed by atoms with Gasteiger partial charge >= 0.3 is 0 Å². The van der Waals surface area contributed by atoms with Crippen LogP contribution in [0.5, 0.6) is 0 Å². The van der Waals surface area contributed by atoms with Gasteiger partial charge in [0.15, 0.2) is 0 Å². The third-order valence-corrected chi connectivity index (χ3v) is 2.73. The Kier molecular flexibility index (Phi) is 7.29. The van der Waals surface area contributed by atoms with Crippen molar-refractivity contribution in [2.24, 2.45) is 5.41 Å². The average Bonchev–Trinajstić information content (AvgIpc) is 2.11. The molecule has 13 heavy (non-hydrogen) atoms. The summed E-state index contributed by atoms with van der Waals surface area (Å²) in [7, 11) is 1.67. The summed E-state index contributed by atoms with van der Waals surface area (Å²) in [5.41, 5.74) is 3.40. The van der Waals surface area contributed by atoms with Crippen molar-refractivity contribution in [3.8, 4) is 0 Å². The zero-order chi connectivity index (χ0) is 10.2. The maximum Gasteiger partial charge on any atom is 0.0572 e. The van der Waals surface area contributed by atoms with Crippen LogP contribution in [0.4, 0.5) is 0 Å². The molecular weight excluding hydrogens is 162 g/mol. The molecular formula is C11H25NO. The van der Waals surface area contributed by atoms with Crippen molar-refractivity contribution >= 4 is 0 Å². The van der Waals surface area contributed by atoms with Gasteiger partial charge in [0.05, 0.1) is 7.11 Å². The molecule has 0 aliphatic rings. The molecule has 0 spiro atoms. The van der Waals surface area contributed by atoms with E-state index in [-0.39, 0.29) is 0 Å². The highest BCUT2D eigenvalue weighted by atomic mass is 16.6. The van der Waals surface area contributed by atoms with E-state index in [0.29, 0.717) is 5.41 Å². The molecule has 0 aromatic carbocycles. The lowest BCUT2D eigenvalue weighted by Crippen LogP contribution is -2.13. The normalized spacial score (nSPS) is 12.0. The first-order valence-corrected chi connectivity index (χ1v) is 5.38. The molecule has 80 valence electrons. The van der Waals surface area contributed by atoms with Crippen molar-refractivity contribution < 1.29 is 4.84 Å². The van der Waals surface area contributed by atoms with Crippen molar-refractivity contribution in [3.05, 3.63) is 0 Å². The Morgan fingerprint density at radius 1 is 1.15 bits per heavy atom. The zero-order valence-electron chi connectivity index (χ0n) is 9.65. The van der Waals surface area contributed by atoms with E-state index >= 15 is 0 Å². The molecule has 0 atom stereocenters. The quantitative estimate of drug-likeness (QED) is 0.465. The summed E-state index contributed by atoms with van der Waals surface area (Å²) < 4.78 is 0. The Labute approximate surface area is 83.0 Å². The predicted molar refractivity (Wildman–Crippen MR) is 57.6 cm³/mol. The second kappa shape index (κ2) is 7.34. The lowest BCUT2D eigenvalue weighted by Gasteiger charge is -2.22. The fraction of sp³-hybridized carbons (Fsp3) is 1.00. The van der Waals surface area contributed by atoms with Crippen molar-refractivity contribution in [1.82, 2.24) is 5.48 Å². The van der Waals surface area contributed by atoms with Crippen LogP contribution in [0.15, 0.2) is 0 Å². The standard InChI is InChI=1S/C11H25NO/c1-5-11(2,3)9-7-6-8-10-12-13-4/h12H,5-10H2,1-4H3. The van der Waals surface area contributed by atoms with Gasteiger partial charge in [0.2, 0.25) is 0 Å². The van der Waals surface area contributed by atoms with Crippen LogP contribution in [-0.4, -0.2) is 13.7 Å². The van der Waals surface area contributed by atoms with E-state index in [9.17, 15) is 0 Å². The molecule has 1 N–H and O–H groups in total. The second-order valence-electron chi connectivity index (χ2n) is 4.43. The molecule has 0 aliphatic carbocycles. The number of hydrogen-bond donors (Lipinski definition) is 1. The molecule has 0 unspecified atom stereocenters. The predicted octanol–water partition coefficient (Wildman–Crippen LogP) is 3.13. The molecule has 0 aromatic heterocycles. The SMILES string of the molecule is CCC(C)(C)CCCCCNOC. The molecule has 0 amide bonds. The summed E-state index contributed by atoms with van der Waals surface area (Å²) >= 11 is 0. The number of unbranched alkanes of at least 4 members (excludes halogenated alkanes) is 2. The molecule has 0 bridgehead atoms. The Morgan fingerprint density at radius 3 is 2.38 bits per heavy atom. The van der Waals surface area contributed by atoms with E-state index in [1.807, 2.05) is 0 Å². The molecule has 0 rings (SSSR count). The lowest BCUT2D eigenvalue weighted by molar-refractivity contribution is 0.0902. The maximum atomic E-state index is 4.76. The van der Waals surface area contributed by atoms with Gasteiger partial charge in [-0.25, -0.2) is 5.48 Å². The van der Waals surface area contributed by atoms with E-state index in [1.54, 1.807) is 7.11 Å². The highest BCUT2D eigenvalue weighted by Crippen LogP contribution is 2.26. The van der Waals surface area contributed by atoms with Crippen molar-refractivity contribution in [3.63, 3.8) is 0 Å². The second-order valence-corrected chi connectivity index (χ2v) is 4.43. The minimum atomic E-state index is 0.536. The van der Waals surface area contributed by atoms with Gasteiger partial charge in [0.25, 0.3) is 0 Å². The van der Waals surface area contributed by atoms with Gasteiger partial charge in [-0.1, -0.05) is 40.0 Å². The van der Waals surface area contributed by atoms with Crippen molar-refractivity contribution in [2.45, 2.75) is 52.9 Å². The van der Waals surface area contributed by atoms with Gasteiger partial charge in [-0.2, -0.15) is 0 Å². The largest absolute Gasteiger partial charge is 0.305 e.